The van der Waals surface area contributed by atoms with Crippen molar-refractivity contribution in [2.24, 2.45) is 5.41 Å². The van der Waals surface area contributed by atoms with Crippen molar-refractivity contribution < 1.29 is 0 Å². The topological polar surface area (TPSA) is 8.17 Å². The molecule has 21 heavy (non-hydrogen) atoms. The predicted molar refractivity (Wildman–Crippen MR) is 87.2 cm³/mol. The molecule has 1 unspecified atom stereocenters. The second-order valence-corrected chi connectivity index (χ2v) is 7.30. The zero-order chi connectivity index (χ0) is 14.2. The number of fused-ring (bicyclic) bond motifs is 3. The molecule has 1 fully saturated rings. The van der Waals surface area contributed by atoms with E-state index in [0.29, 0.717) is 11.5 Å². The van der Waals surface area contributed by atoms with Crippen molar-refractivity contribution in [3.8, 4) is 0 Å². The van der Waals surface area contributed by atoms with E-state index >= 15 is 0 Å². The van der Waals surface area contributed by atoms with Crippen LogP contribution < -0.4 is 0 Å². The van der Waals surface area contributed by atoms with Crippen LogP contribution in [0.15, 0.2) is 30.3 Å². The number of piperidine rings is 1. The average Bonchev–Trinajstić information content (AvgIpc) is 2.81. The van der Waals surface area contributed by atoms with Crippen molar-refractivity contribution in [2.75, 3.05) is 13.1 Å². The van der Waals surface area contributed by atoms with Gasteiger partial charge in [-0.15, -0.1) is 0 Å². The second kappa shape index (κ2) is 3.80. The molecule has 4 heterocycles. The van der Waals surface area contributed by atoms with Gasteiger partial charge in [-0.3, -0.25) is 4.90 Å². The summed E-state index contributed by atoms with van der Waals surface area (Å²) in [7, 11) is 0. The minimum Gasteiger partial charge on any atom is -0.316 e. The maximum absolute atomic E-state index is 2.74. The first-order chi connectivity index (χ1) is 10.2. The van der Waals surface area contributed by atoms with Crippen molar-refractivity contribution in [1.82, 2.24) is 9.47 Å². The van der Waals surface area contributed by atoms with Crippen LogP contribution in [-0.4, -0.2) is 22.6 Å². The monoisotopic (exact) mass is 278 g/mol. The first-order valence-electron chi connectivity index (χ1n) is 8.25. The Labute approximate surface area is 126 Å². The molecule has 0 spiro atoms. The van der Waals surface area contributed by atoms with Gasteiger partial charge in [-0.2, -0.15) is 0 Å². The normalized spacial score (nSPS) is 31.1. The summed E-state index contributed by atoms with van der Waals surface area (Å²) in [6.07, 6.45) is 6.43. The molecule has 108 valence electrons. The van der Waals surface area contributed by atoms with Crippen LogP contribution >= 0.6 is 0 Å². The lowest BCUT2D eigenvalue weighted by molar-refractivity contribution is 0.0410. The second-order valence-electron chi connectivity index (χ2n) is 7.30. The Bertz CT molecular complexity index is 782. The number of nitrogens with zero attached hydrogens (tertiary/aromatic N) is 2. The smallest absolute Gasteiger partial charge is 0.0597 e. The van der Waals surface area contributed by atoms with Gasteiger partial charge in [-0.05, 0) is 44.4 Å². The maximum atomic E-state index is 2.74. The molecular weight excluding hydrogens is 256 g/mol. The van der Waals surface area contributed by atoms with Gasteiger partial charge in [0.05, 0.1) is 11.6 Å². The van der Waals surface area contributed by atoms with Gasteiger partial charge in [-0.25, -0.2) is 0 Å². The molecule has 1 aromatic carbocycles. The third kappa shape index (κ3) is 1.37. The molecule has 0 aliphatic carbocycles. The Morgan fingerprint density at radius 2 is 2.05 bits per heavy atom. The summed E-state index contributed by atoms with van der Waals surface area (Å²) in [4.78, 5) is 2.74. The van der Waals surface area contributed by atoms with E-state index in [-0.39, 0.29) is 0 Å². The van der Waals surface area contributed by atoms with Crippen LogP contribution in [0.5, 0.6) is 0 Å². The predicted octanol–water partition coefficient (Wildman–Crippen LogP) is 4.22. The molecule has 5 rings (SSSR count). The van der Waals surface area contributed by atoms with Crippen molar-refractivity contribution in [1.29, 1.82) is 0 Å². The summed E-state index contributed by atoms with van der Waals surface area (Å²) in [6.45, 7) is 7.27. The zero-order valence-corrected chi connectivity index (χ0v) is 12.9. The van der Waals surface area contributed by atoms with Crippen molar-refractivity contribution in [2.45, 2.75) is 39.2 Å². The minimum absolute atomic E-state index is 0.321. The van der Waals surface area contributed by atoms with Gasteiger partial charge < -0.3 is 4.57 Å². The van der Waals surface area contributed by atoms with Crippen LogP contribution in [0.1, 0.15) is 44.0 Å². The van der Waals surface area contributed by atoms with Gasteiger partial charge in [0.15, 0.2) is 0 Å². The molecule has 0 saturated carbocycles. The quantitative estimate of drug-likeness (QED) is 0.700. The average molecular weight is 278 g/mol. The SMILES string of the molecule is CC1=C[C@]2(C)CCCN3CCc4c(n1c1ccccc41)C32. The van der Waals surface area contributed by atoms with E-state index in [1.165, 1.54) is 49.0 Å². The van der Waals surface area contributed by atoms with Gasteiger partial charge >= 0.3 is 0 Å². The lowest BCUT2D eigenvalue weighted by Crippen LogP contribution is -2.49. The molecule has 0 bridgehead atoms. The van der Waals surface area contributed by atoms with Crippen LogP contribution in [0.25, 0.3) is 16.6 Å². The third-order valence-corrected chi connectivity index (χ3v) is 5.97. The highest BCUT2D eigenvalue weighted by atomic mass is 15.2. The van der Waals surface area contributed by atoms with Gasteiger partial charge in [0.1, 0.15) is 0 Å². The van der Waals surface area contributed by atoms with Crippen molar-refractivity contribution >= 4 is 16.6 Å². The van der Waals surface area contributed by atoms with Crippen molar-refractivity contribution in [3.05, 3.63) is 41.6 Å². The summed E-state index contributed by atoms with van der Waals surface area (Å²) >= 11 is 0. The Kier molecular flexibility index (Phi) is 2.18. The van der Waals surface area contributed by atoms with Crippen LogP contribution in [0.4, 0.5) is 0 Å². The fourth-order valence-electron chi connectivity index (χ4n) is 5.28. The standard InChI is InChI=1S/C19H22N2/c1-13-12-19(2)9-5-10-20-11-8-15-14-6-3-4-7-16(14)21(13)17(15)18(19)20/h3-4,6-7,12,18H,5,8-11H2,1-2H3/t18?,19-/m0/s1. The van der Waals surface area contributed by atoms with Gasteiger partial charge in [-0.1, -0.05) is 31.2 Å². The lowest BCUT2D eigenvalue weighted by atomic mass is 9.69. The molecule has 2 aromatic rings. The van der Waals surface area contributed by atoms with E-state index in [2.05, 4.69) is 53.7 Å². The fraction of sp³-hybridized carbons (Fsp3) is 0.474. The number of benzene rings is 1. The third-order valence-electron chi connectivity index (χ3n) is 5.97. The molecule has 2 atom stereocenters. The summed E-state index contributed by atoms with van der Waals surface area (Å²) in [5.41, 5.74) is 6.37. The molecule has 0 N–H and O–H groups in total. The number of aromatic nitrogens is 1. The first-order valence-corrected chi connectivity index (χ1v) is 8.25. The summed E-state index contributed by atoms with van der Waals surface area (Å²) < 4.78 is 2.55. The van der Waals surface area contributed by atoms with Crippen molar-refractivity contribution in [3.63, 3.8) is 0 Å². The van der Waals surface area contributed by atoms with Gasteiger partial charge in [0.2, 0.25) is 0 Å². The van der Waals surface area contributed by atoms with E-state index in [4.69, 9.17) is 0 Å². The van der Waals surface area contributed by atoms with Crippen LogP contribution in [0.2, 0.25) is 0 Å². The largest absolute Gasteiger partial charge is 0.316 e. The molecule has 2 nitrogen and oxygen atoms in total. The Hall–Kier alpha value is -1.54. The Morgan fingerprint density at radius 1 is 1.19 bits per heavy atom. The van der Waals surface area contributed by atoms with E-state index in [0.717, 1.165) is 0 Å². The fourth-order valence-corrected chi connectivity index (χ4v) is 5.28. The molecule has 2 heteroatoms. The highest BCUT2D eigenvalue weighted by Gasteiger charge is 2.47. The molecule has 0 radical (unpaired) electrons. The van der Waals surface area contributed by atoms with E-state index in [1.54, 1.807) is 11.3 Å². The van der Waals surface area contributed by atoms with Gasteiger partial charge in [0.25, 0.3) is 0 Å². The molecule has 3 aliphatic rings. The molecule has 1 saturated heterocycles. The Morgan fingerprint density at radius 3 is 2.95 bits per heavy atom. The van der Waals surface area contributed by atoms with Crippen LogP contribution in [0, 0.1) is 5.41 Å². The number of para-hydroxylation sites is 1. The molecular formula is C19H22N2. The number of hydrogen-bond donors (Lipinski definition) is 0. The number of rotatable bonds is 0. The molecule has 3 aliphatic heterocycles. The number of hydrogen-bond acceptors (Lipinski definition) is 1. The number of allylic oxidation sites excluding steroid dienone is 1. The Balaban J connectivity index is 1.91. The summed E-state index contributed by atoms with van der Waals surface area (Å²) in [5, 5.41) is 1.48. The molecule has 1 aromatic heterocycles. The lowest BCUT2D eigenvalue weighted by Gasteiger charge is -2.52. The van der Waals surface area contributed by atoms with E-state index in [1.807, 2.05) is 0 Å². The van der Waals surface area contributed by atoms with Crippen LogP contribution in [0.3, 0.4) is 0 Å². The maximum Gasteiger partial charge on any atom is 0.0597 e. The first kappa shape index (κ1) is 12.0. The molecule has 0 amide bonds. The summed E-state index contributed by atoms with van der Waals surface area (Å²) in [5.74, 6) is 0. The highest BCUT2D eigenvalue weighted by molar-refractivity contribution is 5.89. The van der Waals surface area contributed by atoms with E-state index < -0.39 is 0 Å². The van der Waals surface area contributed by atoms with Crippen LogP contribution in [-0.2, 0) is 6.42 Å². The summed E-state index contributed by atoms with van der Waals surface area (Å²) in [6, 6.07) is 9.57. The zero-order valence-electron chi connectivity index (χ0n) is 12.9. The van der Waals surface area contributed by atoms with E-state index in [9.17, 15) is 0 Å². The highest BCUT2D eigenvalue weighted by Crippen LogP contribution is 2.55. The minimum atomic E-state index is 0.321. The van der Waals surface area contributed by atoms with Gasteiger partial charge in [0, 0.05) is 28.7 Å².